The average Bonchev–Trinajstić information content (AvgIpc) is 2.52. The predicted molar refractivity (Wildman–Crippen MR) is 92.9 cm³/mol. The first-order valence-electron chi connectivity index (χ1n) is 8.38. The molecular weight excluding hydrogens is 343 g/mol. The maximum absolute atomic E-state index is 12.4. The number of likely N-dealkylation sites (tertiary alicyclic amines) is 1. The van der Waals surface area contributed by atoms with E-state index in [1.807, 2.05) is 45.2 Å². The van der Waals surface area contributed by atoms with Crippen molar-refractivity contribution in [3.63, 3.8) is 0 Å². The van der Waals surface area contributed by atoms with Crippen LogP contribution < -0.4 is 4.74 Å². The van der Waals surface area contributed by atoms with Crippen LogP contribution >= 0.6 is 0 Å². The van der Waals surface area contributed by atoms with Gasteiger partial charge >= 0.3 is 6.36 Å². The van der Waals surface area contributed by atoms with E-state index in [-0.39, 0.29) is 5.75 Å². The van der Waals surface area contributed by atoms with Crippen LogP contribution in [0.2, 0.25) is 0 Å². The molecule has 0 bridgehead atoms. The van der Waals surface area contributed by atoms with Gasteiger partial charge in [0.05, 0.1) is 0 Å². The normalized spacial score (nSPS) is 19.5. The van der Waals surface area contributed by atoms with Crippen LogP contribution in [0.5, 0.6) is 5.75 Å². The minimum Gasteiger partial charge on any atom is -0.406 e. The summed E-state index contributed by atoms with van der Waals surface area (Å²) in [6.45, 7) is 5.31. The molecule has 1 saturated heterocycles. The van der Waals surface area contributed by atoms with E-state index in [0.29, 0.717) is 18.7 Å². The fourth-order valence-corrected chi connectivity index (χ4v) is 3.93. The predicted octanol–water partition coefficient (Wildman–Crippen LogP) is 4.08. The van der Waals surface area contributed by atoms with Crippen molar-refractivity contribution in [1.29, 1.82) is 0 Å². The third-order valence-corrected chi connectivity index (χ3v) is 5.09. The van der Waals surface area contributed by atoms with Crippen LogP contribution in [-0.2, 0) is 5.60 Å². The van der Waals surface area contributed by atoms with Crippen molar-refractivity contribution in [2.45, 2.75) is 25.8 Å². The van der Waals surface area contributed by atoms with E-state index in [2.05, 4.69) is 9.64 Å². The second-order valence-corrected chi connectivity index (χ2v) is 7.38. The Labute approximate surface area is 151 Å². The van der Waals surface area contributed by atoms with Gasteiger partial charge in [0.2, 0.25) is 0 Å². The standard InChI is InChI=1S/C20H22F3NO2/c1-14-4-6-15(7-5-14)19(25,18(2)12-24(3)13-18)16-8-10-17(11-9-16)26-20(21,22)23/h4-11,25H,12-13H2,1-3H3/t19-/m1/s1. The first kappa shape index (κ1) is 18.7. The molecule has 1 N–H and O–H groups in total. The molecule has 3 nitrogen and oxygen atoms in total. The molecule has 0 spiro atoms. The molecule has 0 radical (unpaired) electrons. The number of rotatable bonds is 4. The number of alkyl halides is 3. The van der Waals surface area contributed by atoms with Gasteiger partial charge in [0.1, 0.15) is 11.4 Å². The van der Waals surface area contributed by atoms with Gasteiger partial charge in [-0.2, -0.15) is 0 Å². The summed E-state index contributed by atoms with van der Waals surface area (Å²) in [6, 6.07) is 13.1. The summed E-state index contributed by atoms with van der Waals surface area (Å²) >= 11 is 0. The second-order valence-electron chi connectivity index (χ2n) is 7.38. The molecule has 2 aromatic rings. The molecule has 1 aliphatic heterocycles. The minimum atomic E-state index is -4.74. The smallest absolute Gasteiger partial charge is 0.406 e. The zero-order valence-corrected chi connectivity index (χ0v) is 15.0. The summed E-state index contributed by atoms with van der Waals surface area (Å²) < 4.78 is 41.1. The Balaban J connectivity index is 2.03. The molecule has 0 amide bonds. The van der Waals surface area contributed by atoms with Crippen molar-refractivity contribution in [3.8, 4) is 5.75 Å². The zero-order chi connectivity index (χ0) is 19.2. The lowest BCUT2D eigenvalue weighted by Crippen LogP contribution is -2.63. The maximum atomic E-state index is 12.4. The molecule has 1 fully saturated rings. The van der Waals surface area contributed by atoms with Crippen molar-refractivity contribution in [3.05, 3.63) is 65.2 Å². The van der Waals surface area contributed by atoms with Crippen molar-refractivity contribution in [1.82, 2.24) is 4.90 Å². The third-order valence-electron chi connectivity index (χ3n) is 5.09. The number of hydrogen-bond acceptors (Lipinski definition) is 3. The van der Waals surface area contributed by atoms with Crippen LogP contribution in [0.1, 0.15) is 23.6 Å². The maximum Gasteiger partial charge on any atom is 0.573 e. The van der Waals surface area contributed by atoms with E-state index < -0.39 is 17.4 Å². The van der Waals surface area contributed by atoms with Crippen molar-refractivity contribution >= 4 is 0 Å². The van der Waals surface area contributed by atoms with Gasteiger partial charge < -0.3 is 14.7 Å². The lowest BCUT2D eigenvalue weighted by molar-refractivity contribution is -0.274. The number of hydrogen-bond donors (Lipinski definition) is 1. The van der Waals surface area contributed by atoms with Crippen LogP contribution in [0.4, 0.5) is 13.2 Å². The number of halogens is 3. The Morgan fingerprint density at radius 3 is 1.85 bits per heavy atom. The number of aryl methyl sites for hydroxylation is 1. The quantitative estimate of drug-likeness (QED) is 0.886. The molecule has 1 heterocycles. The molecule has 1 aliphatic rings. The lowest BCUT2D eigenvalue weighted by atomic mass is 9.62. The van der Waals surface area contributed by atoms with Crippen LogP contribution in [0, 0.1) is 12.3 Å². The van der Waals surface area contributed by atoms with E-state index in [1.165, 1.54) is 24.3 Å². The SMILES string of the molecule is Cc1ccc([C@@](O)(c2ccc(OC(F)(F)F)cc2)C2(C)CN(C)C2)cc1. The fraction of sp³-hybridized carbons (Fsp3) is 0.400. The second kappa shape index (κ2) is 6.28. The molecule has 26 heavy (non-hydrogen) atoms. The largest absolute Gasteiger partial charge is 0.573 e. The van der Waals surface area contributed by atoms with E-state index >= 15 is 0 Å². The van der Waals surface area contributed by atoms with Gasteiger partial charge in [-0.1, -0.05) is 48.9 Å². The van der Waals surface area contributed by atoms with Crippen molar-refractivity contribution in [2.75, 3.05) is 20.1 Å². The summed E-state index contributed by atoms with van der Waals surface area (Å²) in [7, 11) is 1.97. The molecule has 0 aliphatic carbocycles. The zero-order valence-electron chi connectivity index (χ0n) is 15.0. The lowest BCUT2D eigenvalue weighted by Gasteiger charge is -2.56. The summed E-state index contributed by atoms with van der Waals surface area (Å²) in [5.41, 5.74) is 0.573. The van der Waals surface area contributed by atoms with Crippen LogP contribution in [0.25, 0.3) is 0 Å². The van der Waals surface area contributed by atoms with Crippen molar-refractivity contribution in [2.24, 2.45) is 5.41 Å². The van der Waals surface area contributed by atoms with E-state index in [4.69, 9.17) is 0 Å². The molecule has 6 heteroatoms. The van der Waals surface area contributed by atoms with Gasteiger partial charge in [-0.25, -0.2) is 0 Å². The highest BCUT2D eigenvalue weighted by Gasteiger charge is 2.55. The highest BCUT2D eigenvalue weighted by Crippen LogP contribution is 2.50. The Hall–Kier alpha value is -2.05. The van der Waals surface area contributed by atoms with E-state index in [9.17, 15) is 18.3 Å². The van der Waals surface area contributed by atoms with E-state index in [0.717, 1.165) is 11.1 Å². The number of nitrogens with zero attached hydrogens (tertiary/aromatic N) is 1. The highest BCUT2D eigenvalue weighted by atomic mass is 19.4. The van der Waals surface area contributed by atoms with Crippen LogP contribution in [0.3, 0.4) is 0 Å². The molecule has 2 aromatic carbocycles. The molecule has 140 valence electrons. The van der Waals surface area contributed by atoms with Gasteiger partial charge in [0.15, 0.2) is 0 Å². The molecule has 0 saturated carbocycles. The van der Waals surface area contributed by atoms with Gasteiger partial charge in [0, 0.05) is 18.5 Å². The molecule has 0 aromatic heterocycles. The van der Waals surface area contributed by atoms with Gasteiger partial charge in [-0.05, 0) is 37.2 Å². The summed E-state index contributed by atoms with van der Waals surface area (Å²) in [4.78, 5) is 2.10. The fourth-order valence-electron chi connectivity index (χ4n) is 3.93. The summed E-state index contributed by atoms with van der Waals surface area (Å²) in [5, 5.41) is 11.8. The first-order valence-corrected chi connectivity index (χ1v) is 8.38. The first-order chi connectivity index (χ1) is 12.0. The van der Waals surface area contributed by atoms with Crippen molar-refractivity contribution < 1.29 is 23.0 Å². The van der Waals surface area contributed by atoms with Gasteiger partial charge in [0.25, 0.3) is 0 Å². The van der Waals surface area contributed by atoms with Crippen LogP contribution in [-0.4, -0.2) is 36.5 Å². The highest BCUT2D eigenvalue weighted by molar-refractivity contribution is 5.43. The number of benzene rings is 2. The third kappa shape index (κ3) is 3.31. The van der Waals surface area contributed by atoms with Crippen LogP contribution in [0.15, 0.2) is 48.5 Å². The Bertz CT molecular complexity index is 765. The Morgan fingerprint density at radius 1 is 0.962 bits per heavy atom. The monoisotopic (exact) mass is 365 g/mol. The Morgan fingerprint density at radius 2 is 1.42 bits per heavy atom. The summed E-state index contributed by atoms with van der Waals surface area (Å²) in [6.07, 6.45) is -4.74. The topological polar surface area (TPSA) is 32.7 Å². The average molecular weight is 365 g/mol. The molecule has 1 atom stereocenters. The number of ether oxygens (including phenoxy) is 1. The molecule has 3 rings (SSSR count). The Kier molecular flexibility index (Phi) is 4.53. The summed E-state index contributed by atoms with van der Waals surface area (Å²) in [5.74, 6) is -0.302. The minimum absolute atomic E-state index is 0.302. The van der Waals surface area contributed by atoms with E-state index in [1.54, 1.807) is 0 Å². The number of aliphatic hydroxyl groups is 1. The van der Waals surface area contributed by atoms with Gasteiger partial charge in [-0.3, -0.25) is 0 Å². The molecular formula is C20H22F3NO2. The molecule has 0 unspecified atom stereocenters. The van der Waals surface area contributed by atoms with Gasteiger partial charge in [-0.15, -0.1) is 13.2 Å².